The smallest absolute Gasteiger partial charge is 0.295 e. The van der Waals surface area contributed by atoms with Gasteiger partial charge in [-0.25, -0.2) is 0 Å². The van der Waals surface area contributed by atoms with Crippen molar-refractivity contribution in [2.24, 2.45) is 5.92 Å². The molecule has 0 saturated carbocycles. The summed E-state index contributed by atoms with van der Waals surface area (Å²) in [6.07, 6.45) is 0. The fraction of sp³-hybridized carbons (Fsp3) is 0.238. The van der Waals surface area contributed by atoms with E-state index in [0.29, 0.717) is 5.56 Å². The molecular formula is C21H20N2O5. The van der Waals surface area contributed by atoms with Crippen LogP contribution < -0.4 is 0 Å². The van der Waals surface area contributed by atoms with Crippen molar-refractivity contribution >= 4 is 23.1 Å². The van der Waals surface area contributed by atoms with Gasteiger partial charge in [-0.1, -0.05) is 56.3 Å². The van der Waals surface area contributed by atoms with Crippen LogP contribution in [0.25, 0.3) is 5.76 Å². The van der Waals surface area contributed by atoms with Gasteiger partial charge in [-0.15, -0.1) is 0 Å². The van der Waals surface area contributed by atoms with E-state index in [9.17, 15) is 24.8 Å². The van der Waals surface area contributed by atoms with Crippen LogP contribution in [0.1, 0.15) is 31.0 Å². The van der Waals surface area contributed by atoms with E-state index in [0.717, 1.165) is 0 Å². The van der Waals surface area contributed by atoms with Gasteiger partial charge in [-0.2, -0.15) is 0 Å². The van der Waals surface area contributed by atoms with Crippen LogP contribution >= 0.6 is 0 Å². The predicted molar refractivity (Wildman–Crippen MR) is 103 cm³/mol. The first-order valence-electron chi connectivity index (χ1n) is 8.90. The number of amides is 1. The van der Waals surface area contributed by atoms with Gasteiger partial charge in [-0.05, 0) is 12.0 Å². The van der Waals surface area contributed by atoms with Crippen molar-refractivity contribution in [3.63, 3.8) is 0 Å². The van der Waals surface area contributed by atoms with Crippen LogP contribution in [0.3, 0.4) is 0 Å². The molecule has 28 heavy (non-hydrogen) atoms. The van der Waals surface area contributed by atoms with Gasteiger partial charge in [0.1, 0.15) is 5.76 Å². The van der Waals surface area contributed by atoms with Gasteiger partial charge < -0.3 is 10.0 Å². The molecule has 1 N–H and O–H groups in total. The number of ketones is 1. The molecule has 1 aliphatic rings. The van der Waals surface area contributed by atoms with Crippen LogP contribution in [0.2, 0.25) is 0 Å². The predicted octanol–water partition coefficient (Wildman–Crippen LogP) is 3.67. The Labute approximate surface area is 162 Å². The Balaban J connectivity index is 2.27. The second-order valence-corrected chi connectivity index (χ2v) is 7.03. The van der Waals surface area contributed by atoms with Crippen molar-refractivity contribution in [1.82, 2.24) is 4.90 Å². The molecule has 0 bridgehead atoms. The van der Waals surface area contributed by atoms with Crippen LogP contribution in [-0.2, 0) is 9.59 Å². The molecule has 144 valence electrons. The number of Topliss-reactive ketones (excluding diaryl/α,β-unsaturated/α-hetero) is 1. The zero-order valence-corrected chi connectivity index (χ0v) is 15.5. The molecular weight excluding hydrogens is 360 g/mol. The van der Waals surface area contributed by atoms with E-state index in [1.165, 1.54) is 23.1 Å². The number of benzene rings is 2. The first kappa shape index (κ1) is 19.3. The van der Waals surface area contributed by atoms with Gasteiger partial charge in [-0.3, -0.25) is 19.7 Å². The number of hydrogen-bond donors (Lipinski definition) is 1. The Hall–Kier alpha value is -3.48. The van der Waals surface area contributed by atoms with Crippen molar-refractivity contribution in [3.8, 4) is 0 Å². The minimum absolute atomic E-state index is 0.0280. The van der Waals surface area contributed by atoms with Gasteiger partial charge in [0.15, 0.2) is 0 Å². The molecule has 0 spiro atoms. The number of likely N-dealkylation sites (tertiary alicyclic amines) is 1. The zero-order chi connectivity index (χ0) is 20.4. The van der Waals surface area contributed by atoms with Gasteiger partial charge >= 0.3 is 0 Å². The van der Waals surface area contributed by atoms with E-state index in [2.05, 4.69) is 0 Å². The molecule has 7 heteroatoms. The molecule has 1 heterocycles. The number of carbonyl (C=O) groups is 2. The highest BCUT2D eigenvalue weighted by Crippen LogP contribution is 2.42. The Bertz CT molecular complexity index is 966. The Morgan fingerprint density at radius 2 is 1.71 bits per heavy atom. The number of rotatable bonds is 5. The first-order chi connectivity index (χ1) is 13.3. The van der Waals surface area contributed by atoms with Crippen LogP contribution in [0.4, 0.5) is 5.69 Å². The van der Waals surface area contributed by atoms with Crippen molar-refractivity contribution in [2.75, 3.05) is 6.54 Å². The van der Waals surface area contributed by atoms with Crippen LogP contribution in [0.5, 0.6) is 0 Å². The third-order valence-corrected chi connectivity index (χ3v) is 4.58. The zero-order valence-electron chi connectivity index (χ0n) is 15.5. The number of nitro groups is 1. The molecule has 2 aromatic carbocycles. The normalized spacial score (nSPS) is 18.7. The lowest BCUT2D eigenvalue weighted by Crippen LogP contribution is -2.33. The SMILES string of the molecule is CC(C)CN1C(=O)C(=O)/C(=C(\O)c2ccccc2)C1c1ccccc1[N+](=O)[O-]. The quantitative estimate of drug-likeness (QED) is 0.280. The summed E-state index contributed by atoms with van der Waals surface area (Å²) in [5, 5.41) is 22.4. The van der Waals surface area contributed by atoms with Crippen LogP contribution in [0.15, 0.2) is 60.2 Å². The number of carbonyl (C=O) groups excluding carboxylic acids is 2. The molecule has 1 atom stereocenters. The summed E-state index contributed by atoms with van der Waals surface area (Å²) in [5.41, 5.74) is 0.228. The second kappa shape index (κ2) is 7.64. The molecule has 3 rings (SSSR count). The van der Waals surface area contributed by atoms with Gasteiger partial charge in [0.05, 0.1) is 22.1 Å². The molecule has 1 fully saturated rings. The Kier molecular flexibility index (Phi) is 5.26. The highest BCUT2D eigenvalue weighted by molar-refractivity contribution is 6.46. The molecule has 1 unspecified atom stereocenters. The van der Waals surface area contributed by atoms with E-state index in [1.807, 2.05) is 13.8 Å². The molecule has 0 radical (unpaired) electrons. The lowest BCUT2D eigenvalue weighted by atomic mass is 9.94. The molecule has 0 aromatic heterocycles. The third-order valence-electron chi connectivity index (χ3n) is 4.58. The lowest BCUT2D eigenvalue weighted by molar-refractivity contribution is -0.385. The average molecular weight is 380 g/mol. The van der Waals surface area contributed by atoms with E-state index >= 15 is 0 Å². The molecule has 1 amide bonds. The highest BCUT2D eigenvalue weighted by Gasteiger charge is 2.48. The van der Waals surface area contributed by atoms with E-state index in [-0.39, 0.29) is 35.0 Å². The maximum atomic E-state index is 12.8. The summed E-state index contributed by atoms with van der Waals surface area (Å²) in [7, 11) is 0. The maximum absolute atomic E-state index is 12.8. The van der Waals surface area contributed by atoms with Crippen LogP contribution in [0, 0.1) is 16.0 Å². The summed E-state index contributed by atoms with van der Waals surface area (Å²) in [6.45, 7) is 3.99. The molecule has 2 aromatic rings. The summed E-state index contributed by atoms with van der Waals surface area (Å²) < 4.78 is 0. The first-order valence-corrected chi connectivity index (χ1v) is 8.90. The summed E-state index contributed by atoms with van der Waals surface area (Å²) in [4.78, 5) is 37.8. The largest absolute Gasteiger partial charge is 0.507 e. The standard InChI is InChI=1S/C21H20N2O5/c1-13(2)12-22-18(15-10-6-7-11-16(15)23(27)28)17(20(25)21(22)26)19(24)14-8-4-3-5-9-14/h3-11,13,18,24H,12H2,1-2H3/b19-17-. The van der Waals surface area contributed by atoms with E-state index < -0.39 is 22.7 Å². The van der Waals surface area contributed by atoms with Crippen molar-refractivity contribution < 1.29 is 19.6 Å². The van der Waals surface area contributed by atoms with E-state index in [1.54, 1.807) is 36.4 Å². The monoisotopic (exact) mass is 380 g/mol. The summed E-state index contributed by atoms with van der Waals surface area (Å²) in [6, 6.07) is 13.3. The van der Waals surface area contributed by atoms with Crippen molar-refractivity contribution in [2.45, 2.75) is 19.9 Å². The minimum Gasteiger partial charge on any atom is -0.507 e. The second-order valence-electron chi connectivity index (χ2n) is 7.03. The maximum Gasteiger partial charge on any atom is 0.295 e. The Morgan fingerprint density at radius 3 is 2.32 bits per heavy atom. The summed E-state index contributed by atoms with van der Waals surface area (Å²) >= 11 is 0. The van der Waals surface area contributed by atoms with Gasteiger partial charge in [0.2, 0.25) is 0 Å². The number of nitrogens with zero attached hydrogens (tertiary/aromatic N) is 2. The van der Waals surface area contributed by atoms with Crippen LogP contribution in [-0.4, -0.2) is 33.2 Å². The number of hydrogen-bond acceptors (Lipinski definition) is 5. The minimum atomic E-state index is -1.02. The molecule has 1 aliphatic heterocycles. The third kappa shape index (κ3) is 3.38. The molecule has 0 aliphatic carbocycles. The number of aliphatic hydroxyl groups excluding tert-OH is 1. The van der Waals surface area contributed by atoms with Gasteiger partial charge in [0.25, 0.3) is 17.4 Å². The Morgan fingerprint density at radius 1 is 1.11 bits per heavy atom. The highest BCUT2D eigenvalue weighted by atomic mass is 16.6. The fourth-order valence-electron chi connectivity index (χ4n) is 3.42. The lowest BCUT2D eigenvalue weighted by Gasteiger charge is -2.26. The van der Waals surface area contributed by atoms with E-state index in [4.69, 9.17) is 0 Å². The van der Waals surface area contributed by atoms with Crippen molar-refractivity contribution in [3.05, 3.63) is 81.4 Å². The van der Waals surface area contributed by atoms with Crippen molar-refractivity contribution in [1.29, 1.82) is 0 Å². The topological polar surface area (TPSA) is 101 Å². The number of nitro benzene ring substituents is 1. The number of para-hydroxylation sites is 1. The fourth-order valence-corrected chi connectivity index (χ4v) is 3.42. The molecule has 1 saturated heterocycles. The summed E-state index contributed by atoms with van der Waals surface area (Å²) in [5.74, 6) is -1.92. The molecule has 7 nitrogen and oxygen atoms in total. The number of aliphatic hydroxyl groups is 1. The van der Waals surface area contributed by atoms with Gasteiger partial charge in [0, 0.05) is 18.2 Å². The average Bonchev–Trinajstić information content (AvgIpc) is 2.92.